The number of carbonyl (C=O) groups is 1. The number of hydrogen-bond acceptors (Lipinski definition) is 6. The number of para-hydroxylation sites is 1. The van der Waals surface area contributed by atoms with Gasteiger partial charge in [0.15, 0.2) is 0 Å². The molecule has 4 rings (SSSR count). The van der Waals surface area contributed by atoms with Crippen LogP contribution in [-0.2, 0) is 10.0 Å². The fraction of sp³-hybridized carbons (Fsp3) is 0.0833. The lowest BCUT2D eigenvalue weighted by Gasteiger charge is -2.13. The maximum absolute atomic E-state index is 12.9. The minimum Gasteiger partial charge on any atom is -0.492 e. The molecular formula is C24H19BrN2O6S. The Balaban J connectivity index is 1.52. The van der Waals surface area contributed by atoms with E-state index in [9.17, 15) is 18.0 Å². The fourth-order valence-electron chi connectivity index (χ4n) is 3.22. The zero-order valence-corrected chi connectivity index (χ0v) is 20.3. The monoisotopic (exact) mass is 542 g/mol. The topological polar surface area (TPSA) is 115 Å². The van der Waals surface area contributed by atoms with Crippen LogP contribution in [0.2, 0.25) is 0 Å². The third kappa shape index (κ3) is 5.13. The SMILES string of the molecule is CCOc1ccc(Br)cc1S(=O)(=O)Nc1ccc(NC(=O)c2cc3ccccc3oc2=O)cc1. The van der Waals surface area contributed by atoms with Crippen LogP contribution >= 0.6 is 15.9 Å². The standard InChI is InChI=1S/C24H19BrN2O6S/c1-2-32-21-12-7-16(25)14-22(21)34(30,31)27-18-10-8-17(9-11-18)26-23(28)19-13-15-5-3-4-6-20(15)33-24(19)29/h3-14,27H,2H2,1H3,(H,26,28). The third-order valence-corrected chi connectivity index (χ3v) is 6.67. The Labute approximate surface area is 203 Å². The highest BCUT2D eigenvalue weighted by Gasteiger charge is 2.21. The Bertz CT molecular complexity index is 1530. The van der Waals surface area contributed by atoms with E-state index < -0.39 is 21.6 Å². The predicted octanol–water partition coefficient (Wildman–Crippen LogP) is 5.01. The number of halogens is 1. The highest BCUT2D eigenvalue weighted by molar-refractivity contribution is 9.10. The molecule has 0 unspecified atom stereocenters. The van der Waals surface area contributed by atoms with E-state index in [0.29, 0.717) is 27.7 Å². The summed E-state index contributed by atoms with van der Waals surface area (Å²) in [7, 11) is -3.94. The number of ether oxygens (including phenoxy) is 1. The quantitative estimate of drug-likeness (QED) is 0.317. The summed E-state index contributed by atoms with van der Waals surface area (Å²) in [5.41, 5.74) is 0.156. The maximum atomic E-state index is 12.9. The van der Waals surface area contributed by atoms with E-state index in [-0.39, 0.29) is 21.9 Å². The molecule has 1 aromatic heterocycles. The van der Waals surface area contributed by atoms with Gasteiger partial charge in [0, 0.05) is 21.2 Å². The lowest BCUT2D eigenvalue weighted by molar-refractivity contribution is 0.102. The van der Waals surface area contributed by atoms with Gasteiger partial charge in [0.05, 0.1) is 6.61 Å². The van der Waals surface area contributed by atoms with Gasteiger partial charge in [0.2, 0.25) is 0 Å². The van der Waals surface area contributed by atoms with E-state index in [0.717, 1.165) is 0 Å². The van der Waals surface area contributed by atoms with Crippen molar-refractivity contribution in [1.82, 2.24) is 0 Å². The van der Waals surface area contributed by atoms with Gasteiger partial charge in [-0.1, -0.05) is 34.1 Å². The molecule has 34 heavy (non-hydrogen) atoms. The lowest BCUT2D eigenvalue weighted by Crippen LogP contribution is -2.20. The molecule has 0 bridgehead atoms. The summed E-state index contributed by atoms with van der Waals surface area (Å²) in [5, 5.41) is 3.24. The summed E-state index contributed by atoms with van der Waals surface area (Å²) in [4.78, 5) is 24.8. The number of sulfonamides is 1. The molecule has 1 heterocycles. The van der Waals surface area contributed by atoms with Gasteiger partial charge in [-0.05, 0) is 61.5 Å². The molecule has 1 amide bonds. The van der Waals surface area contributed by atoms with E-state index in [4.69, 9.17) is 9.15 Å². The van der Waals surface area contributed by atoms with E-state index >= 15 is 0 Å². The summed E-state index contributed by atoms with van der Waals surface area (Å²) in [5.74, 6) is -0.403. The van der Waals surface area contributed by atoms with Crippen molar-refractivity contribution in [3.8, 4) is 5.75 Å². The van der Waals surface area contributed by atoms with Crippen LogP contribution in [-0.4, -0.2) is 20.9 Å². The first-order chi connectivity index (χ1) is 16.3. The van der Waals surface area contributed by atoms with Crippen molar-refractivity contribution in [2.24, 2.45) is 0 Å². The lowest BCUT2D eigenvalue weighted by atomic mass is 10.1. The number of hydrogen-bond donors (Lipinski definition) is 2. The first-order valence-electron chi connectivity index (χ1n) is 10.2. The number of benzene rings is 3. The molecule has 174 valence electrons. The average molecular weight is 543 g/mol. The molecule has 2 N–H and O–H groups in total. The van der Waals surface area contributed by atoms with Crippen LogP contribution in [0.25, 0.3) is 11.0 Å². The summed E-state index contributed by atoms with van der Waals surface area (Å²) in [6.07, 6.45) is 0. The van der Waals surface area contributed by atoms with Crippen LogP contribution in [0.15, 0.2) is 91.4 Å². The second-order valence-electron chi connectivity index (χ2n) is 7.15. The minimum absolute atomic E-state index is 0.0101. The zero-order valence-electron chi connectivity index (χ0n) is 17.9. The number of fused-ring (bicyclic) bond motifs is 1. The number of anilines is 2. The van der Waals surface area contributed by atoms with Crippen molar-refractivity contribution in [1.29, 1.82) is 0 Å². The van der Waals surface area contributed by atoms with Crippen molar-refractivity contribution in [2.45, 2.75) is 11.8 Å². The number of rotatable bonds is 7. The molecule has 0 saturated carbocycles. The van der Waals surface area contributed by atoms with Gasteiger partial charge in [-0.3, -0.25) is 9.52 Å². The number of carbonyl (C=O) groups excluding carboxylic acids is 1. The third-order valence-electron chi connectivity index (χ3n) is 4.78. The second-order valence-corrected chi connectivity index (χ2v) is 9.71. The Morgan fingerprint density at radius 1 is 1.00 bits per heavy atom. The predicted molar refractivity (Wildman–Crippen MR) is 133 cm³/mol. The Kier molecular flexibility index (Phi) is 6.71. The molecule has 3 aromatic carbocycles. The Morgan fingerprint density at radius 3 is 2.44 bits per heavy atom. The number of amides is 1. The maximum Gasteiger partial charge on any atom is 0.349 e. The van der Waals surface area contributed by atoms with Crippen LogP contribution in [0.5, 0.6) is 5.75 Å². The van der Waals surface area contributed by atoms with Crippen LogP contribution in [0.3, 0.4) is 0 Å². The average Bonchev–Trinajstić information content (AvgIpc) is 2.81. The molecule has 0 spiro atoms. The van der Waals surface area contributed by atoms with Gasteiger partial charge in [-0.25, -0.2) is 13.2 Å². The molecule has 0 radical (unpaired) electrons. The largest absolute Gasteiger partial charge is 0.492 e. The van der Waals surface area contributed by atoms with Crippen LogP contribution in [0, 0.1) is 0 Å². The molecule has 8 nitrogen and oxygen atoms in total. The molecular weight excluding hydrogens is 524 g/mol. The van der Waals surface area contributed by atoms with Gasteiger partial charge in [-0.2, -0.15) is 0 Å². The first-order valence-corrected chi connectivity index (χ1v) is 12.4. The van der Waals surface area contributed by atoms with Gasteiger partial charge in [-0.15, -0.1) is 0 Å². The van der Waals surface area contributed by atoms with Gasteiger partial charge >= 0.3 is 5.63 Å². The van der Waals surface area contributed by atoms with Crippen molar-refractivity contribution in [3.05, 3.63) is 93.3 Å². The highest BCUT2D eigenvalue weighted by Crippen LogP contribution is 2.29. The molecule has 0 aliphatic heterocycles. The molecule has 0 saturated heterocycles. The minimum atomic E-state index is -3.94. The van der Waals surface area contributed by atoms with Gasteiger partial charge < -0.3 is 14.5 Å². The van der Waals surface area contributed by atoms with Crippen LogP contribution < -0.4 is 20.4 Å². The highest BCUT2D eigenvalue weighted by atomic mass is 79.9. The smallest absolute Gasteiger partial charge is 0.349 e. The van der Waals surface area contributed by atoms with Crippen molar-refractivity contribution in [2.75, 3.05) is 16.6 Å². The summed E-state index contributed by atoms with van der Waals surface area (Å²) in [6.45, 7) is 2.08. The second kappa shape index (κ2) is 9.70. The van der Waals surface area contributed by atoms with Crippen molar-refractivity contribution >= 4 is 54.2 Å². The zero-order chi connectivity index (χ0) is 24.3. The van der Waals surface area contributed by atoms with Gasteiger partial charge in [0.25, 0.3) is 15.9 Å². The Morgan fingerprint density at radius 2 is 1.71 bits per heavy atom. The van der Waals surface area contributed by atoms with E-state index in [1.165, 1.54) is 36.4 Å². The summed E-state index contributed by atoms with van der Waals surface area (Å²) >= 11 is 3.28. The molecule has 4 aromatic rings. The van der Waals surface area contributed by atoms with Crippen LogP contribution in [0.1, 0.15) is 17.3 Å². The normalized spacial score (nSPS) is 11.2. The van der Waals surface area contributed by atoms with E-state index in [1.807, 2.05) is 0 Å². The van der Waals surface area contributed by atoms with E-state index in [1.54, 1.807) is 43.3 Å². The van der Waals surface area contributed by atoms with Gasteiger partial charge in [0.1, 0.15) is 21.8 Å². The fourth-order valence-corrected chi connectivity index (χ4v) is 4.96. The molecule has 0 atom stereocenters. The molecule has 0 fully saturated rings. The molecule has 10 heteroatoms. The molecule has 0 aliphatic rings. The summed E-state index contributed by atoms with van der Waals surface area (Å²) < 4.78 is 39.5. The molecule has 0 aliphatic carbocycles. The number of nitrogens with one attached hydrogen (secondary N) is 2. The van der Waals surface area contributed by atoms with Crippen molar-refractivity contribution in [3.63, 3.8) is 0 Å². The van der Waals surface area contributed by atoms with Crippen LogP contribution in [0.4, 0.5) is 11.4 Å². The first kappa shape index (κ1) is 23.5. The van der Waals surface area contributed by atoms with E-state index in [2.05, 4.69) is 26.0 Å². The summed E-state index contributed by atoms with van der Waals surface area (Å²) in [6, 6.07) is 19.1. The van der Waals surface area contributed by atoms with Crippen molar-refractivity contribution < 1.29 is 22.4 Å². The Hall–Kier alpha value is -3.63.